The molecule has 4 nitrogen and oxygen atoms in total. The van der Waals surface area contributed by atoms with Crippen LogP contribution in [0.1, 0.15) is 31.4 Å². The molecule has 0 fully saturated rings. The number of carboxylic acids is 1. The van der Waals surface area contributed by atoms with Gasteiger partial charge in [-0.1, -0.05) is 40.2 Å². The number of hydrogen-bond donors (Lipinski definition) is 2. The van der Waals surface area contributed by atoms with E-state index in [9.17, 15) is 14.7 Å². The van der Waals surface area contributed by atoms with Gasteiger partial charge in [-0.2, -0.15) is 0 Å². The van der Waals surface area contributed by atoms with Crippen LogP contribution in [0.25, 0.3) is 0 Å². The average molecular weight is 352 g/mol. The fraction of sp³-hybridized carbons (Fsp3) is 0.375. The highest BCUT2D eigenvalue weighted by atomic mass is 79.9. The minimum Gasteiger partial charge on any atom is -0.481 e. The van der Waals surface area contributed by atoms with Gasteiger partial charge in [-0.05, 0) is 37.5 Å². The molecule has 1 aliphatic carbocycles. The Morgan fingerprint density at radius 2 is 1.76 bits per heavy atom. The van der Waals surface area contributed by atoms with Crippen molar-refractivity contribution in [3.8, 4) is 0 Å². The van der Waals surface area contributed by atoms with Gasteiger partial charge < -0.3 is 10.4 Å². The number of hydrogen-bond acceptors (Lipinski definition) is 2. The lowest BCUT2D eigenvalue weighted by molar-refractivity contribution is -0.147. The van der Waals surface area contributed by atoms with Crippen LogP contribution in [0.2, 0.25) is 0 Å². The normalized spacial score (nSPS) is 22.6. The van der Waals surface area contributed by atoms with E-state index in [2.05, 4.69) is 21.2 Å². The number of rotatable bonds is 4. The van der Waals surface area contributed by atoms with Crippen LogP contribution in [0.3, 0.4) is 0 Å². The van der Waals surface area contributed by atoms with E-state index in [4.69, 9.17) is 0 Å². The molecule has 0 heterocycles. The van der Waals surface area contributed by atoms with Crippen molar-refractivity contribution in [2.75, 3.05) is 0 Å². The maximum atomic E-state index is 12.3. The predicted molar refractivity (Wildman–Crippen MR) is 83.7 cm³/mol. The van der Waals surface area contributed by atoms with Gasteiger partial charge >= 0.3 is 5.97 Å². The molecule has 1 amide bonds. The van der Waals surface area contributed by atoms with Gasteiger partial charge in [0.1, 0.15) is 0 Å². The Labute approximate surface area is 132 Å². The first-order chi connectivity index (χ1) is 9.99. The minimum absolute atomic E-state index is 0.147. The quantitative estimate of drug-likeness (QED) is 0.818. The van der Waals surface area contributed by atoms with E-state index in [0.29, 0.717) is 12.8 Å². The summed E-state index contributed by atoms with van der Waals surface area (Å²) in [6.07, 6.45) is 4.62. The Balaban J connectivity index is 2.04. The van der Waals surface area contributed by atoms with Crippen LogP contribution < -0.4 is 5.32 Å². The van der Waals surface area contributed by atoms with Crippen LogP contribution in [0, 0.1) is 11.8 Å². The van der Waals surface area contributed by atoms with E-state index in [0.717, 1.165) is 10.0 Å². The first-order valence-electron chi connectivity index (χ1n) is 6.92. The van der Waals surface area contributed by atoms with Gasteiger partial charge in [-0.25, -0.2) is 0 Å². The van der Waals surface area contributed by atoms with Gasteiger partial charge in [0.25, 0.3) is 0 Å². The van der Waals surface area contributed by atoms with E-state index >= 15 is 0 Å². The molecule has 0 saturated carbocycles. The maximum Gasteiger partial charge on any atom is 0.307 e. The molecule has 21 heavy (non-hydrogen) atoms. The summed E-state index contributed by atoms with van der Waals surface area (Å²) >= 11 is 3.37. The van der Waals surface area contributed by atoms with Crippen molar-refractivity contribution in [1.82, 2.24) is 5.32 Å². The van der Waals surface area contributed by atoms with Crippen molar-refractivity contribution in [3.63, 3.8) is 0 Å². The SMILES string of the molecule is C[C@H](NC(=O)[C@H]1CC=CC[C@@H]1C(=O)O)c1ccc(Br)cc1. The Bertz CT molecular complexity index is 553. The van der Waals surface area contributed by atoms with E-state index in [1.165, 1.54) is 0 Å². The largest absolute Gasteiger partial charge is 0.481 e. The molecular weight excluding hydrogens is 334 g/mol. The molecule has 5 heteroatoms. The van der Waals surface area contributed by atoms with Gasteiger partial charge in [-0.3, -0.25) is 9.59 Å². The zero-order valence-electron chi connectivity index (χ0n) is 11.8. The molecule has 112 valence electrons. The van der Waals surface area contributed by atoms with Gasteiger partial charge in [0.2, 0.25) is 5.91 Å². The van der Waals surface area contributed by atoms with Crippen LogP contribution in [0.4, 0.5) is 0 Å². The summed E-state index contributed by atoms with van der Waals surface area (Å²) in [4.78, 5) is 23.6. The number of carbonyl (C=O) groups is 2. The second kappa shape index (κ2) is 6.89. The number of carbonyl (C=O) groups excluding carboxylic acids is 1. The lowest BCUT2D eigenvalue weighted by atomic mass is 9.82. The molecule has 1 aromatic rings. The average Bonchev–Trinajstić information content (AvgIpc) is 2.47. The Morgan fingerprint density at radius 3 is 2.33 bits per heavy atom. The van der Waals surface area contributed by atoms with E-state index in [1.807, 2.05) is 43.3 Å². The molecule has 3 atom stereocenters. The van der Waals surface area contributed by atoms with Gasteiger partial charge in [0.05, 0.1) is 17.9 Å². The maximum absolute atomic E-state index is 12.3. The highest BCUT2D eigenvalue weighted by Gasteiger charge is 2.34. The van der Waals surface area contributed by atoms with Gasteiger partial charge in [0, 0.05) is 4.47 Å². The summed E-state index contributed by atoms with van der Waals surface area (Å²) in [5.41, 5.74) is 0.991. The molecule has 0 bridgehead atoms. The van der Waals surface area contributed by atoms with Crippen LogP contribution >= 0.6 is 15.9 Å². The van der Waals surface area contributed by atoms with Crippen LogP contribution in [-0.4, -0.2) is 17.0 Å². The van der Waals surface area contributed by atoms with Crippen LogP contribution in [0.15, 0.2) is 40.9 Å². The van der Waals surface area contributed by atoms with Gasteiger partial charge in [-0.15, -0.1) is 0 Å². The zero-order chi connectivity index (χ0) is 15.4. The summed E-state index contributed by atoms with van der Waals surface area (Å²) in [6, 6.07) is 7.56. The summed E-state index contributed by atoms with van der Waals surface area (Å²) in [6.45, 7) is 1.90. The molecule has 1 aliphatic rings. The second-order valence-corrected chi connectivity index (χ2v) is 6.19. The van der Waals surface area contributed by atoms with Crippen molar-refractivity contribution in [3.05, 3.63) is 46.5 Å². The molecular formula is C16H18BrNO3. The minimum atomic E-state index is -0.907. The number of allylic oxidation sites excluding steroid dienone is 2. The molecule has 0 spiro atoms. The third-order valence-electron chi connectivity index (χ3n) is 3.82. The topological polar surface area (TPSA) is 66.4 Å². The number of halogens is 1. The molecule has 1 aromatic carbocycles. The molecule has 0 saturated heterocycles. The summed E-state index contributed by atoms with van der Waals surface area (Å²) in [5, 5.41) is 12.1. The smallest absolute Gasteiger partial charge is 0.307 e. The Kier molecular flexibility index (Phi) is 5.17. The Hall–Kier alpha value is -1.62. The Morgan fingerprint density at radius 1 is 1.19 bits per heavy atom. The lowest BCUT2D eigenvalue weighted by Gasteiger charge is -2.26. The number of benzene rings is 1. The number of carboxylic acid groups (broad SMARTS) is 1. The van der Waals surface area contributed by atoms with E-state index < -0.39 is 17.8 Å². The molecule has 0 aromatic heterocycles. The summed E-state index contributed by atoms with van der Waals surface area (Å²) < 4.78 is 0.980. The third-order valence-corrected chi connectivity index (χ3v) is 4.34. The van der Waals surface area contributed by atoms with E-state index in [1.54, 1.807) is 0 Å². The molecule has 2 rings (SSSR count). The number of aliphatic carboxylic acids is 1. The molecule has 2 N–H and O–H groups in total. The highest BCUT2D eigenvalue weighted by Crippen LogP contribution is 2.27. The standard InChI is InChI=1S/C16H18BrNO3/c1-10(11-6-8-12(17)9-7-11)18-15(19)13-4-2-3-5-14(13)16(20)21/h2-3,6-10,13-14H,4-5H2,1H3,(H,18,19)(H,20,21)/t10-,13-,14-/m0/s1. The van der Waals surface area contributed by atoms with Crippen LogP contribution in [-0.2, 0) is 9.59 Å². The van der Waals surface area contributed by atoms with Crippen molar-refractivity contribution >= 4 is 27.8 Å². The van der Waals surface area contributed by atoms with Crippen molar-refractivity contribution in [2.24, 2.45) is 11.8 Å². The fourth-order valence-electron chi connectivity index (χ4n) is 2.53. The first-order valence-corrected chi connectivity index (χ1v) is 7.72. The van der Waals surface area contributed by atoms with Crippen LogP contribution in [0.5, 0.6) is 0 Å². The van der Waals surface area contributed by atoms with Crippen molar-refractivity contribution in [1.29, 1.82) is 0 Å². The van der Waals surface area contributed by atoms with Crippen molar-refractivity contribution < 1.29 is 14.7 Å². The molecule has 0 aliphatic heterocycles. The molecule has 0 radical (unpaired) electrons. The third kappa shape index (κ3) is 3.94. The van der Waals surface area contributed by atoms with Gasteiger partial charge in [0.15, 0.2) is 0 Å². The number of amides is 1. The highest BCUT2D eigenvalue weighted by molar-refractivity contribution is 9.10. The van der Waals surface area contributed by atoms with E-state index in [-0.39, 0.29) is 11.9 Å². The number of nitrogens with one attached hydrogen (secondary N) is 1. The fourth-order valence-corrected chi connectivity index (χ4v) is 2.80. The zero-order valence-corrected chi connectivity index (χ0v) is 13.3. The summed E-state index contributed by atoms with van der Waals surface area (Å²) in [5.74, 6) is -2.23. The van der Waals surface area contributed by atoms with Crippen molar-refractivity contribution in [2.45, 2.75) is 25.8 Å². The first kappa shape index (κ1) is 15.8. The predicted octanol–water partition coefficient (Wildman–Crippen LogP) is 3.29. The summed E-state index contributed by atoms with van der Waals surface area (Å²) in [7, 11) is 0. The lowest BCUT2D eigenvalue weighted by Crippen LogP contribution is -2.39. The second-order valence-electron chi connectivity index (χ2n) is 5.28. The monoisotopic (exact) mass is 351 g/mol. The molecule has 0 unspecified atom stereocenters.